The number of anilines is 2. The molecule has 0 aliphatic carbocycles. The van der Waals surface area contributed by atoms with Gasteiger partial charge in [0.15, 0.2) is 0 Å². The van der Waals surface area contributed by atoms with Crippen molar-refractivity contribution in [2.24, 2.45) is 5.92 Å². The molecule has 1 aliphatic heterocycles. The predicted octanol–water partition coefficient (Wildman–Crippen LogP) is 1.10. The maximum Gasteiger partial charge on any atom is 0.222 e. The van der Waals surface area contributed by atoms with Crippen molar-refractivity contribution in [1.29, 1.82) is 5.26 Å². The number of nitrogens with zero attached hydrogens (tertiary/aromatic N) is 2. The summed E-state index contributed by atoms with van der Waals surface area (Å²) in [7, 11) is 1.67. The Bertz CT molecular complexity index is 513. The number of nitrogen functional groups attached to an aromatic ring is 1. The molecule has 19 heavy (non-hydrogen) atoms. The molecule has 1 aliphatic rings. The molecule has 5 heteroatoms. The highest BCUT2D eigenvalue weighted by atomic mass is 16.1. The van der Waals surface area contributed by atoms with Crippen LogP contribution in [0.2, 0.25) is 0 Å². The van der Waals surface area contributed by atoms with Crippen LogP contribution in [0.5, 0.6) is 0 Å². The average Bonchev–Trinajstić information content (AvgIpc) is 2.46. The smallest absolute Gasteiger partial charge is 0.222 e. The van der Waals surface area contributed by atoms with E-state index < -0.39 is 0 Å². The van der Waals surface area contributed by atoms with Crippen molar-refractivity contribution in [3.63, 3.8) is 0 Å². The number of carbonyl (C=O) groups excluding carboxylic acids is 1. The highest BCUT2D eigenvalue weighted by Crippen LogP contribution is 2.28. The minimum atomic E-state index is 0.0980. The summed E-state index contributed by atoms with van der Waals surface area (Å²) < 4.78 is 0. The molecule has 100 valence electrons. The number of amides is 1. The van der Waals surface area contributed by atoms with Crippen molar-refractivity contribution in [3.8, 4) is 6.07 Å². The third kappa shape index (κ3) is 2.79. The van der Waals surface area contributed by atoms with Gasteiger partial charge in [0.1, 0.15) is 0 Å². The number of hydrogen-bond acceptors (Lipinski definition) is 4. The molecule has 3 N–H and O–H groups in total. The third-order valence-corrected chi connectivity index (χ3v) is 3.61. The van der Waals surface area contributed by atoms with E-state index in [1.54, 1.807) is 19.2 Å². The van der Waals surface area contributed by atoms with Crippen LogP contribution < -0.4 is 16.0 Å². The van der Waals surface area contributed by atoms with Gasteiger partial charge in [0.2, 0.25) is 5.91 Å². The van der Waals surface area contributed by atoms with Crippen LogP contribution in [0.4, 0.5) is 11.4 Å². The summed E-state index contributed by atoms with van der Waals surface area (Å²) in [4.78, 5) is 13.7. The van der Waals surface area contributed by atoms with Crippen LogP contribution in [0.3, 0.4) is 0 Å². The Hall–Kier alpha value is -2.22. The summed E-state index contributed by atoms with van der Waals surface area (Å²) in [6.07, 6.45) is 1.66. The average molecular weight is 258 g/mol. The minimum Gasteiger partial charge on any atom is -0.397 e. The van der Waals surface area contributed by atoms with Gasteiger partial charge in [-0.15, -0.1) is 0 Å². The lowest BCUT2D eigenvalue weighted by atomic mass is 9.95. The summed E-state index contributed by atoms with van der Waals surface area (Å²) >= 11 is 0. The van der Waals surface area contributed by atoms with E-state index in [4.69, 9.17) is 11.0 Å². The molecule has 0 radical (unpaired) electrons. The van der Waals surface area contributed by atoms with E-state index in [-0.39, 0.29) is 11.8 Å². The van der Waals surface area contributed by atoms with Crippen LogP contribution in [-0.2, 0) is 4.79 Å². The summed E-state index contributed by atoms with van der Waals surface area (Å²) in [6.45, 7) is 1.63. The molecule has 1 aromatic carbocycles. The predicted molar refractivity (Wildman–Crippen MR) is 74.6 cm³/mol. The maximum atomic E-state index is 11.6. The van der Waals surface area contributed by atoms with Crippen molar-refractivity contribution >= 4 is 17.3 Å². The van der Waals surface area contributed by atoms with Crippen molar-refractivity contribution in [3.05, 3.63) is 23.8 Å². The Morgan fingerprint density at radius 1 is 1.47 bits per heavy atom. The van der Waals surface area contributed by atoms with Crippen LogP contribution in [0, 0.1) is 17.2 Å². The lowest BCUT2D eigenvalue weighted by molar-refractivity contribution is -0.125. The first-order valence-electron chi connectivity index (χ1n) is 6.42. The van der Waals surface area contributed by atoms with E-state index in [1.807, 2.05) is 6.07 Å². The van der Waals surface area contributed by atoms with Crippen LogP contribution in [0.15, 0.2) is 18.2 Å². The topological polar surface area (TPSA) is 82.2 Å². The summed E-state index contributed by atoms with van der Waals surface area (Å²) in [5.41, 5.74) is 8.12. The van der Waals surface area contributed by atoms with E-state index in [0.717, 1.165) is 31.6 Å². The number of benzene rings is 1. The van der Waals surface area contributed by atoms with Crippen LogP contribution in [-0.4, -0.2) is 26.0 Å². The largest absolute Gasteiger partial charge is 0.397 e. The van der Waals surface area contributed by atoms with E-state index in [9.17, 15) is 4.79 Å². The molecule has 1 heterocycles. The number of piperidine rings is 1. The molecule has 0 aromatic heterocycles. The molecule has 0 atom stereocenters. The van der Waals surface area contributed by atoms with E-state index >= 15 is 0 Å². The zero-order valence-corrected chi connectivity index (χ0v) is 11.0. The summed E-state index contributed by atoms with van der Waals surface area (Å²) in [6, 6.07) is 7.43. The fourth-order valence-corrected chi connectivity index (χ4v) is 2.50. The van der Waals surface area contributed by atoms with Gasteiger partial charge in [0.05, 0.1) is 23.0 Å². The van der Waals surface area contributed by atoms with Gasteiger partial charge in [0, 0.05) is 26.1 Å². The zero-order chi connectivity index (χ0) is 13.8. The van der Waals surface area contributed by atoms with E-state index in [2.05, 4.69) is 16.3 Å². The second-order valence-electron chi connectivity index (χ2n) is 4.76. The molecule has 0 unspecified atom stereocenters. The number of rotatable bonds is 2. The van der Waals surface area contributed by atoms with Crippen LogP contribution in [0.25, 0.3) is 0 Å². The molecular weight excluding hydrogens is 240 g/mol. The van der Waals surface area contributed by atoms with Gasteiger partial charge < -0.3 is 16.0 Å². The van der Waals surface area contributed by atoms with E-state index in [0.29, 0.717) is 11.3 Å². The standard InChI is InChI=1S/C14H18N4O/c1-17-14(19)11-4-6-18(7-5-11)13-3-2-10(9-15)8-12(13)16/h2-3,8,11H,4-7,16H2,1H3,(H,17,19). The Balaban J connectivity index is 2.06. The van der Waals surface area contributed by atoms with Gasteiger partial charge in [-0.2, -0.15) is 5.26 Å². The molecule has 5 nitrogen and oxygen atoms in total. The molecule has 1 amide bonds. The van der Waals surface area contributed by atoms with Crippen molar-refractivity contribution < 1.29 is 4.79 Å². The highest BCUT2D eigenvalue weighted by molar-refractivity contribution is 5.79. The lowest BCUT2D eigenvalue weighted by Crippen LogP contribution is -2.39. The second kappa shape index (κ2) is 5.61. The Kier molecular flexibility index (Phi) is 3.91. The minimum absolute atomic E-state index is 0.0980. The van der Waals surface area contributed by atoms with Gasteiger partial charge in [0.25, 0.3) is 0 Å². The maximum absolute atomic E-state index is 11.6. The van der Waals surface area contributed by atoms with Gasteiger partial charge in [-0.05, 0) is 31.0 Å². The molecule has 0 bridgehead atoms. The molecule has 1 aromatic rings. The Labute approximate surface area is 113 Å². The van der Waals surface area contributed by atoms with Crippen molar-refractivity contribution in [2.75, 3.05) is 30.8 Å². The summed E-state index contributed by atoms with van der Waals surface area (Å²) in [5, 5.41) is 11.5. The first kappa shape index (κ1) is 13.2. The first-order valence-corrected chi connectivity index (χ1v) is 6.42. The van der Waals surface area contributed by atoms with Gasteiger partial charge in [-0.3, -0.25) is 4.79 Å². The second-order valence-corrected chi connectivity index (χ2v) is 4.76. The number of hydrogen-bond donors (Lipinski definition) is 2. The quantitative estimate of drug-likeness (QED) is 0.778. The third-order valence-electron chi connectivity index (χ3n) is 3.61. The van der Waals surface area contributed by atoms with Gasteiger partial charge in [-0.1, -0.05) is 0 Å². The normalized spacial score (nSPS) is 15.9. The monoisotopic (exact) mass is 258 g/mol. The molecular formula is C14H18N4O. The Morgan fingerprint density at radius 3 is 2.68 bits per heavy atom. The van der Waals surface area contributed by atoms with Gasteiger partial charge in [-0.25, -0.2) is 0 Å². The number of nitrogens with two attached hydrogens (primary N) is 1. The highest BCUT2D eigenvalue weighted by Gasteiger charge is 2.25. The van der Waals surface area contributed by atoms with Crippen LogP contribution in [0.1, 0.15) is 18.4 Å². The Morgan fingerprint density at radius 2 is 2.16 bits per heavy atom. The molecule has 1 saturated heterocycles. The van der Waals surface area contributed by atoms with E-state index in [1.165, 1.54) is 0 Å². The molecule has 2 rings (SSSR count). The fourth-order valence-electron chi connectivity index (χ4n) is 2.50. The van der Waals surface area contributed by atoms with Crippen LogP contribution >= 0.6 is 0 Å². The molecule has 0 spiro atoms. The summed E-state index contributed by atoms with van der Waals surface area (Å²) in [5.74, 6) is 0.216. The SMILES string of the molecule is CNC(=O)C1CCN(c2ccc(C#N)cc2N)CC1. The number of nitrogens with one attached hydrogen (secondary N) is 1. The fraction of sp³-hybridized carbons (Fsp3) is 0.429. The molecule has 1 fully saturated rings. The number of nitriles is 1. The lowest BCUT2D eigenvalue weighted by Gasteiger charge is -2.33. The van der Waals surface area contributed by atoms with Crippen molar-refractivity contribution in [2.45, 2.75) is 12.8 Å². The molecule has 0 saturated carbocycles. The van der Waals surface area contributed by atoms with Gasteiger partial charge >= 0.3 is 0 Å². The first-order chi connectivity index (χ1) is 9.15. The number of carbonyl (C=O) groups is 1. The zero-order valence-electron chi connectivity index (χ0n) is 11.0. The van der Waals surface area contributed by atoms with Crippen molar-refractivity contribution in [1.82, 2.24) is 5.32 Å².